The molecule has 0 saturated carbocycles. The number of rotatable bonds is 6. The van der Waals surface area contributed by atoms with E-state index in [2.05, 4.69) is 10.6 Å². The van der Waals surface area contributed by atoms with Gasteiger partial charge in [-0.25, -0.2) is 0 Å². The fraction of sp³-hybridized carbons (Fsp3) is 0.467. The van der Waals surface area contributed by atoms with E-state index in [4.69, 9.17) is 5.11 Å². The molecule has 0 bridgehead atoms. The summed E-state index contributed by atoms with van der Waals surface area (Å²) >= 11 is 0. The Bertz CT molecular complexity index is 514. The first kappa shape index (κ1) is 14.4. The number of amides is 1. The van der Waals surface area contributed by atoms with Crippen LogP contribution >= 0.6 is 0 Å². The van der Waals surface area contributed by atoms with E-state index >= 15 is 0 Å². The molecule has 0 saturated heterocycles. The van der Waals surface area contributed by atoms with E-state index in [9.17, 15) is 9.59 Å². The molecule has 5 nitrogen and oxygen atoms in total. The number of hydrogen-bond acceptors (Lipinski definition) is 3. The molecule has 0 spiro atoms. The van der Waals surface area contributed by atoms with Crippen LogP contribution in [0.15, 0.2) is 18.2 Å². The first-order chi connectivity index (χ1) is 9.56. The van der Waals surface area contributed by atoms with Crippen molar-refractivity contribution in [3.05, 3.63) is 29.3 Å². The number of aliphatic carboxylic acids is 1. The highest BCUT2D eigenvalue weighted by Gasteiger charge is 2.14. The molecule has 0 aliphatic carbocycles. The number of hydrogen-bond donors (Lipinski definition) is 3. The summed E-state index contributed by atoms with van der Waals surface area (Å²) in [6, 6.07) is 5.70. The lowest BCUT2D eigenvalue weighted by Crippen LogP contribution is -2.28. The van der Waals surface area contributed by atoms with Crippen LogP contribution < -0.4 is 10.6 Å². The fourth-order valence-electron chi connectivity index (χ4n) is 2.27. The van der Waals surface area contributed by atoms with Crippen molar-refractivity contribution in [2.45, 2.75) is 26.2 Å². The highest BCUT2D eigenvalue weighted by molar-refractivity contribution is 5.95. The van der Waals surface area contributed by atoms with Gasteiger partial charge in [-0.1, -0.05) is 13.0 Å². The van der Waals surface area contributed by atoms with Crippen molar-refractivity contribution < 1.29 is 14.7 Å². The Hall–Kier alpha value is -2.04. The summed E-state index contributed by atoms with van der Waals surface area (Å²) in [6.07, 6.45) is 1.71. The molecular formula is C15H20N2O3. The van der Waals surface area contributed by atoms with E-state index in [1.54, 1.807) is 0 Å². The van der Waals surface area contributed by atoms with Crippen LogP contribution in [-0.2, 0) is 11.2 Å². The maximum absolute atomic E-state index is 12.0. The largest absolute Gasteiger partial charge is 0.481 e. The molecule has 0 fully saturated rings. The van der Waals surface area contributed by atoms with Gasteiger partial charge in [0.2, 0.25) is 0 Å². The summed E-state index contributed by atoms with van der Waals surface area (Å²) in [6.45, 7) is 3.36. The number of carboxylic acid groups (broad SMARTS) is 1. The van der Waals surface area contributed by atoms with Crippen LogP contribution in [0.1, 0.15) is 35.7 Å². The highest BCUT2D eigenvalue weighted by Crippen LogP contribution is 2.23. The van der Waals surface area contributed by atoms with Crippen molar-refractivity contribution in [2.24, 2.45) is 5.92 Å². The lowest BCUT2D eigenvalue weighted by Gasteiger charge is -2.12. The van der Waals surface area contributed by atoms with Crippen molar-refractivity contribution >= 4 is 17.6 Å². The maximum Gasteiger partial charge on any atom is 0.303 e. The van der Waals surface area contributed by atoms with E-state index in [1.165, 1.54) is 5.56 Å². The van der Waals surface area contributed by atoms with Gasteiger partial charge >= 0.3 is 5.97 Å². The predicted octanol–water partition coefficient (Wildman–Crippen LogP) is 1.89. The Morgan fingerprint density at radius 1 is 1.45 bits per heavy atom. The van der Waals surface area contributed by atoms with Crippen molar-refractivity contribution in [3.8, 4) is 0 Å². The van der Waals surface area contributed by atoms with Crippen LogP contribution in [-0.4, -0.2) is 30.1 Å². The average Bonchev–Trinajstić information content (AvgIpc) is 2.89. The molecule has 0 radical (unpaired) electrons. The quantitative estimate of drug-likeness (QED) is 0.741. The second-order valence-electron chi connectivity index (χ2n) is 5.30. The minimum absolute atomic E-state index is 0.108. The zero-order chi connectivity index (χ0) is 14.5. The smallest absolute Gasteiger partial charge is 0.303 e. The molecule has 1 aliphatic rings. The van der Waals surface area contributed by atoms with Gasteiger partial charge in [0.15, 0.2) is 0 Å². The zero-order valence-electron chi connectivity index (χ0n) is 11.6. The lowest BCUT2D eigenvalue weighted by molar-refractivity contribution is -0.137. The highest BCUT2D eigenvalue weighted by atomic mass is 16.4. The van der Waals surface area contributed by atoms with E-state index in [-0.39, 0.29) is 18.2 Å². The molecule has 0 aromatic heterocycles. The number of anilines is 1. The number of carbonyl (C=O) groups is 2. The Morgan fingerprint density at radius 3 is 3.00 bits per heavy atom. The SMILES string of the molecule is CC(CCC(=O)O)CNC(=O)c1ccc2c(c1)NCC2. The number of benzene rings is 1. The molecule has 5 heteroatoms. The predicted molar refractivity (Wildman–Crippen MR) is 77.0 cm³/mol. The number of nitrogens with one attached hydrogen (secondary N) is 2. The summed E-state index contributed by atoms with van der Waals surface area (Å²) in [5.74, 6) is -0.751. The van der Waals surface area contributed by atoms with Gasteiger partial charge < -0.3 is 15.7 Å². The van der Waals surface area contributed by atoms with E-state index in [0.717, 1.165) is 18.7 Å². The fourth-order valence-corrected chi connectivity index (χ4v) is 2.27. The minimum atomic E-state index is -0.798. The first-order valence-electron chi connectivity index (χ1n) is 6.93. The van der Waals surface area contributed by atoms with Gasteiger partial charge in [0, 0.05) is 30.8 Å². The van der Waals surface area contributed by atoms with Gasteiger partial charge in [0.05, 0.1) is 0 Å². The molecule has 108 valence electrons. The van der Waals surface area contributed by atoms with Crippen molar-refractivity contribution in [2.75, 3.05) is 18.4 Å². The molecule has 1 unspecified atom stereocenters. The van der Waals surface area contributed by atoms with Gasteiger partial charge in [-0.3, -0.25) is 9.59 Å². The topological polar surface area (TPSA) is 78.4 Å². The minimum Gasteiger partial charge on any atom is -0.481 e. The molecule has 20 heavy (non-hydrogen) atoms. The summed E-state index contributed by atoms with van der Waals surface area (Å²) in [5.41, 5.74) is 2.93. The zero-order valence-corrected chi connectivity index (χ0v) is 11.6. The summed E-state index contributed by atoms with van der Waals surface area (Å²) in [5, 5.41) is 14.7. The molecule has 1 atom stereocenters. The molecular weight excluding hydrogens is 256 g/mol. The second-order valence-corrected chi connectivity index (χ2v) is 5.30. The van der Waals surface area contributed by atoms with Crippen LogP contribution in [0.3, 0.4) is 0 Å². The van der Waals surface area contributed by atoms with E-state index < -0.39 is 5.97 Å². The standard InChI is InChI=1S/C15H20N2O3/c1-10(2-5-14(18)19)9-17-15(20)12-4-3-11-6-7-16-13(11)8-12/h3-4,8,10,16H,2,5-7,9H2,1H3,(H,17,20)(H,18,19). The summed E-state index contributed by atoms with van der Waals surface area (Å²) in [7, 11) is 0. The van der Waals surface area contributed by atoms with Gasteiger partial charge in [-0.2, -0.15) is 0 Å². The third-order valence-corrected chi connectivity index (χ3v) is 3.54. The van der Waals surface area contributed by atoms with Gasteiger partial charge in [-0.15, -0.1) is 0 Å². The monoisotopic (exact) mass is 276 g/mol. The summed E-state index contributed by atoms with van der Waals surface area (Å²) in [4.78, 5) is 22.5. The van der Waals surface area contributed by atoms with E-state index in [0.29, 0.717) is 18.5 Å². The first-order valence-corrected chi connectivity index (χ1v) is 6.93. The third-order valence-electron chi connectivity index (χ3n) is 3.54. The lowest BCUT2D eigenvalue weighted by atomic mass is 10.1. The number of carbonyl (C=O) groups excluding carboxylic acids is 1. The normalized spacial score (nSPS) is 14.2. The third kappa shape index (κ3) is 3.73. The Kier molecular flexibility index (Phi) is 4.61. The Balaban J connectivity index is 1.84. The number of fused-ring (bicyclic) bond motifs is 1. The molecule has 1 aromatic rings. The number of carboxylic acids is 1. The molecule has 1 amide bonds. The van der Waals surface area contributed by atoms with Gasteiger partial charge in [0.25, 0.3) is 5.91 Å². The Labute approximate surface area is 118 Å². The molecule has 1 aromatic carbocycles. The van der Waals surface area contributed by atoms with Crippen LogP contribution in [0.5, 0.6) is 0 Å². The van der Waals surface area contributed by atoms with Crippen molar-refractivity contribution in [1.82, 2.24) is 5.32 Å². The van der Waals surface area contributed by atoms with Gasteiger partial charge in [0.1, 0.15) is 0 Å². The molecule has 3 N–H and O–H groups in total. The van der Waals surface area contributed by atoms with E-state index in [1.807, 2.05) is 25.1 Å². The molecule has 1 heterocycles. The molecule has 2 rings (SSSR count). The van der Waals surface area contributed by atoms with Crippen molar-refractivity contribution in [1.29, 1.82) is 0 Å². The van der Waals surface area contributed by atoms with Crippen LogP contribution in [0.4, 0.5) is 5.69 Å². The summed E-state index contributed by atoms with van der Waals surface area (Å²) < 4.78 is 0. The Morgan fingerprint density at radius 2 is 2.25 bits per heavy atom. The average molecular weight is 276 g/mol. The second kappa shape index (κ2) is 6.41. The molecule has 1 aliphatic heterocycles. The van der Waals surface area contributed by atoms with Crippen LogP contribution in [0.2, 0.25) is 0 Å². The maximum atomic E-state index is 12.0. The van der Waals surface area contributed by atoms with Gasteiger partial charge in [-0.05, 0) is 36.5 Å². The van der Waals surface area contributed by atoms with Crippen LogP contribution in [0, 0.1) is 5.92 Å². The van der Waals surface area contributed by atoms with Crippen LogP contribution in [0.25, 0.3) is 0 Å². The van der Waals surface area contributed by atoms with Crippen molar-refractivity contribution in [3.63, 3.8) is 0 Å².